The van der Waals surface area contributed by atoms with Crippen molar-refractivity contribution in [3.8, 4) is 0 Å². The maximum Gasteiger partial charge on any atom is 0.241 e. The first-order valence-corrected chi connectivity index (χ1v) is 16.2. The van der Waals surface area contributed by atoms with Crippen molar-refractivity contribution in [1.82, 2.24) is 15.1 Å². The lowest BCUT2D eigenvalue weighted by atomic mass is 9.82. The van der Waals surface area contributed by atoms with Crippen molar-refractivity contribution in [1.29, 1.82) is 0 Å². The molecule has 3 amide bonds. The number of likely N-dealkylation sites (N-methyl/N-ethyl adjacent to an activating group) is 1. The molecule has 2 aliphatic carbocycles. The molecule has 0 saturated heterocycles. The van der Waals surface area contributed by atoms with Crippen molar-refractivity contribution in [3.63, 3.8) is 0 Å². The second kappa shape index (κ2) is 17.0. The summed E-state index contributed by atoms with van der Waals surface area (Å²) in [5, 5.41) is 25.1. The highest BCUT2D eigenvalue weighted by Crippen LogP contribution is 2.37. The number of benzene rings is 1. The fourth-order valence-corrected chi connectivity index (χ4v) is 6.14. The minimum atomic E-state index is -1.06. The van der Waals surface area contributed by atoms with Gasteiger partial charge in [-0.3, -0.25) is 14.4 Å². The predicted molar refractivity (Wildman–Crippen MR) is 165 cm³/mol. The molecule has 4 atom stereocenters. The van der Waals surface area contributed by atoms with Crippen LogP contribution in [0.2, 0.25) is 0 Å². The summed E-state index contributed by atoms with van der Waals surface area (Å²) in [5.41, 5.74) is 1.08. The van der Waals surface area contributed by atoms with Crippen molar-refractivity contribution in [2.45, 2.75) is 109 Å². The van der Waals surface area contributed by atoms with Crippen LogP contribution in [0.5, 0.6) is 0 Å². The van der Waals surface area contributed by atoms with Crippen LogP contribution in [-0.4, -0.2) is 83.2 Å². The Morgan fingerprint density at radius 1 is 0.905 bits per heavy atom. The third-order valence-electron chi connectivity index (χ3n) is 8.96. The molecular weight excluding hydrogens is 530 g/mol. The van der Waals surface area contributed by atoms with Gasteiger partial charge in [0.15, 0.2) is 0 Å². The average Bonchev–Trinajstić information content (AvgIpc) is 3.78. The van der Waals surface area contributed by atoms with E-state index in [0.717, 1.165) is 44.1 Å². The molecule has 236 valence electrons. The number of hydrogen-bond donors (Lipinski definition) is 3. The Bertz CT molecular complexity index is 975. The second-order valence-corrected chi connectivity index (χ2v) is 13.5. The van der Waals surface area contributed by atoms with Crippen LogP contribution in [0.1, 0.15) is 90.0 Å². The fraction of sp³-hybridized carbons (Fsp3) is 0.735. The van der Waals surface area contributed by atoms with E-state index in [9.17, 15) is 24.6 Å². The van der Waals surface area contributed by atoms with E-state index in [4.69, 9.17) is 0 Å². The normalized spacial score (nSPS) is 18.6. The van der Waals surface area contributed by atoms with Crippen molar-refractivity contribution in [3.05, 3.63) is 35.9 Å². The van der Waals surface area contributed by atoms with Gasteiger partial charge in [-0.15, -0.1) is 0 Å². The topological polar surface area (TPSA) is 110 Å². The molecule has 8 heteroatoms. The monoisotopic (exact) mass is 585 g/mol. The molecule has 3 rings (SSSR count). The van der Waals surface area contributed by atoms with Gasteiger partial charge in [0.2, 0.25) is 17.7 Å². The van der Waals surface area contributed by atoms with E-state index in [1.807, 2.05) is 44.2 Å². The van der Waals surface area contributed by atoms with Crippen molar-refractivity contribution < 1.29 is 24.6 Å². The van der Waals surface area contributed by atoms with Gasteiger partial charge in [0, 0.05) is 33.0 Å². The van der Waals surface area contributed by atoms with Gasteiger partial charge >= 0.3 is 0 Å². The molecule has 0 aliphatic heterocycles. The molecule has 0 unspecified atom stereocenters. The lowest BCUT2D eigenvalue weighted by Gasteiger charge is -2.34. The third-order valence-corrected chi connectivity index (χ3v) is 8.96. The summed E-state index contributed by atoms with van der Waals surface area (Å²) in [6.45, 7) is 4.38. The molecule has 42 heavy (non-hydrogen) atoms. The van der Waals surface area contributed by atoms with Gasteiger partial charge in [-0.2, -0.15) is 0 Å². The van der Waals surface area contributed by atoms with Gasteiger partial charge in [-0.25, -0.2) is 0 Å². The minimum absolute atomic E-state index is 0.0264. The summed E-state index contributed by atoms with van der Waals surface area (Å²) in [6, 6.07) is 9.31. The zero-order valence-corrected chi connectivity index (χ0v) is 26.3. The third kappa shape index (κ3) is 11.7. The summed E-state index contributed by atoms with van der Waals surface area (Å²) in [7, 11) is 3.36. The summed E-state index contributed by atoms with van der Waals surface area (Å²) >= 11 is 0. The molecule has 2 saturated carbocycles. The van der Waals surface area contributed by atoms with Gasteiger partial charge in [0.1, 0.15) is 6.10 Å². The number of carbonyl (C=O) groups is 3. The quantitative estimate of drug-likeness (QED) is 0.254. The molecule has 0 spiro atoms. The van der Waals surface area contributed by atoms with Crippen LogP contribution in [0.25, 0.3) is 0 Å². The van der Waals surface area contributed by atoms with Gasteiger partial charge in [0.25, 0.3) is 0 Å². The van der Waals surface area contributed by atoms with Crippen LogP contribution in [0.3, 0.4) is 0 Å². The largest absolute Gasteiger partial charge is 0.390 e. The second-order valence-electron chi connectivity index (χ2n) is 13.5. The molecular formula is C34H55N3O5. The summed E-state index contributed by atoms with van der Waals surface area (Å²) in [6.07, 6.45) is 8.13. The average molecular weight is 586 g/mol. The number of aliphatic hydroxyl groups excluding tert-OH is 2. The zero-order valence-electron chi connectivity index (χ0n) is 26.3. The zero-order chi connectivity index (χ0) is 30.6. The van der Waals surface area contributed by atoms with Crippen LogP contribution in [0.4, 0.5) is 0 Å². The van der Waals surface area contributed by atoms with E-state index in [1.165, 1.54) is 11.3 Å². The predicted octanol–water partition coefficient (Wildman–Crippen LogP) is 4.18. The molecule has 8 nitrogen and oxygen atoms in total. The number of nitrogens with one attached hydrogen (secondary N) is 1. The Balaban J connectivity index is 1.73. The maximum atomic E-state index is 13.8. The molecule has 0 radical (unpaired) electrons. The highest BCUT2D eigenvalue weighted by Gasteiger charge is 2.36. The number of rotatable bonds is 17. The standard InChI is InChI=1S/C34H55N3O5/c1-24(2)19-30(38)33(41)29(21-26-13-9-6-10-14-26)35-34(42)28(20-27-15-16-27)22-31(39)37(23-32(40)36(3)4)18-17-25-11-7-5-8-12-25/h5,7-8,11-12,24,26-30,33,38,41H,6,9-10,13-23H2,1-4H3,(H,35,42)/t28-,29+,30+,33-/m1/s1. The molecule has 1 aromatic carbocycles. The number of hydrogen-bond acceptors (Lipinski definition) is 5. The molecule has 2 fully saturated rings. The molecule has 1 aromatic rings. The van der Waals surface area contributed by atoms with E-state index < -0.39 is 24.2 Å². The van der Waals surface area contributed by atoms with Crippen LogP contribution >= 0.6 is 0 Å². The Labute approximate surface area is 253 Å². The van der Waals surface area contributed by atoms with Crippen LogP contribution in [0.15, 0.2) is 30.3 Å². The van der Waals surface area contributed by atoms with Gasteiger partial charge in [0.05, 0.1) is 18.7 Å². The Hall–Kier alpha value is -2.45. The number of aliphatic hydroxyl groups is 2. The minimum Gasteiger partial charge on any atom is -0.390 e. The molecule has 2 aliphatic rings. The van der Waals surface area contributed by atoms with Crippen molar-refractivity contribution >= 4 is 17.7 Å². The lowest BCUT2D eigenvalue weighted by Crippen LogP contribution is -2.52. The molecule has 3 N–H and O–H groups in total. The summed E-state index contributed by atoms with van der Waals surface area (Å²) < 4.78 is 0. The number of nitrogens with zero attached hydrogens (tertiary/aromatic N) is 2. The van der Waals surface area contributed by atoms with Crippen LogP contribution < -0.4 is 5.32 Å². The molecule has 0 bridgehead atoms. The van der Waals surface area contributed by atoms with E-state index >= 15 is 0 Å². The highest BCUT2D eigenvalue weighted by atomic mass is 16.3. The first-order valence-electron chi connectivity index (χ1n) is 16.2. The van der Waals surface area contributed by atoms with E-state index in [0.29, 0.717) is 44.1 Å². The lowest BCUT2D eigenvalue weighted by molar-refractivity contribution is -0.141. The van der Waals surface area contributed by atoms with E-state index in [-0.39, 0.29) is 36.6 Å². The Morgan fingerprint density at radius 3 is 2.14 bits per heavy atom. The highest BCUT2D eigenvalue weighted by molar-refractivity contribution is 5.88. The fourth-order valence-electron chi connectivity index (χ4n) is 6.14. The van der Waals surface area contributed by atoms with Crippen LogP contribution in [-0.2, 0) is 20.8 Å². The van der Waals surface area contributed by atoms with E-state index in [1.54, 1.807) is 19.0 Å². The first kappa shape index (κ1) is 34.0. The molecule has 0 heterocycles. The van der Waals surface area contributed by atoms with Crippen LogP contribution in [0, 0.1) is 23.7 Å². The maximum absolute atomic E-state index is 13.8. The Morgan fingerprint density at radius 2 is 1.55 bits per heavy atom. The van der Waals surface area contributed by atoms with Crippen molar-refractivity contribution in [2.75, 3.05) is 27.2 Å². The Kier molecular flexibility index (Phi) is 13.8. The van der Waals surface area contributed by atoms with Gasteiger partial charge in [-0.05, 0) is 49.0 Å². The van der Waals surface area contributed by atoms with Gasteiger partial charge < -0.3 is 25.3 Å². The summed E-state index contributed by atoms with van der Waals surface area (Å²) in [5.74, 6) is -0.0917. The van der Waals surface area contributed by atoms with Crippen molar-refractivity contribution in [2.24, 2.45) is 23.7 Å². The number of carbonyl (C=O) groups excluding carboxylic acids is 3. The SMILES string of the molecule is CC(C)C[C@H](O)[C@H](O)[C@H](CC1CCCCC1)NC(=O)[C@@H](CC(=O)N(CCc1ccccc1)CC(=O)N(C)C)CC1CC1. The smallest absolute Gasteiger partial charge is 0.241 e. The van der Waals surface area contributed by atoms with E-state index in [2.05, 4.69) is 5.32 Å². The number of amides is 3. The summed E-state index contributed by atoms with van der Waals surface area (Å²) in [4.78, 5) is 43.2. The molecule has 0 aromatic heterocycles. The first-order chi connectivity index (χ1) is 20.0. The van der Waals surface area contributed by atoms with Gasteiger partial charge in [-0.1, -0.05) is 89.1 Å².